The van der Waals surface area contributed by atoms with E-state index >= 15 is 0 Å². The molecule has 0 spiro atoms. The van der Waals surface area contributed by atoms with Crippen molar-refractivity contribution in [3.8, 4) is 0 Å². The number of hydrogen-bond acceptors (Lipinski definition) is 4. The van der Waals surface area contributed by atoms with Crippen LogP contribution >= 0.6 is 0 Å². The number of carbonyl (C=O) groups excluding carboxylic acids is 3. The van der Waals surface area contributed by atoms with Crippen LogP contribution in [0.15, 0.2) is 65.9 Å². The number of anilines is 2. The van der Waals surface area contributed by atoms with E-state index in [4.69, 9.17) is 0 Å². The summed E-state index contributed by atoms with van der Waals surface area (Å²) in [6.45, 7) is 6.00. The van der Waals surface area contributed by atoms with Gasteiger partial charge in [-0.15, -0.1) is 0 Å². The fourth-order valence-corrected chi connectivity index (χ4v) is 5.57. The highest BCUT2D eigenvalue weighted by atomic mass is 19.4. The number of carbonyl (C=O) groups is 3. The van der Waals surface area contributed by atoms with Crippen molar-refractivity contribution in [2.75, 3.05) is 18.0 Å². The Morgan fingerprint density at radius 3 is 2.41 bits per heavy atom. The second kappa shape index (κ2) is 10.9. The maximum Gasteiger partial charge on any atom is 0.416 e. The molecule has 5 rings (SSSR count). The lowest BCUT2D eigenvalue weighted by Gasteiger charge is -2.20. The number of nitrogens with one attached hydrogen (secondary N) is 2. The highest BCUT2D eigenvalue weighted by Crippen LogP contribution is 2.45. The van der Waals surface area contributed by atoms with Gasteiger partial charge >= 0.3 is 6.18 Å². The Kier molecular flexibility index (Phi) is 7.50. The summed E-state index contributed by atoms with van der Waals surface area (Å²) >= 11 is 0. The van der Waals surface area contributed by atoms with E-state index in [2.05, 4.69) is 23.0 Å². The zero-order valence-electron chi connectivity index (χ0n) is 23.1. The van der Waals surface area contributed by atoms with E-state index in [1.165, 1.54) is 11.0 Å². The molecule has 2 aromatic rings. The minimum atomic E-state index is -4.59. The molecule has 0 saturated carbocycles. The third-order valence-corrected chi connectivity index (χ3v) is 7.50. The van der Waals surface area contributed by atoms with Crippen molar-refractivity contribution in [2.45, 2.75) is 46.2 Å². The van der Waals surface area contributed by atoms with Gasteiger partial charge in [-0.2, -0.15) is 13.2 Å². The first-order valence-corrected chi connectivity index (χ1v) is 13.5. The standard InChI is InChI=1S/C31H31F3N4O3/c1-18-11-19(2)13-24(12-18)38-26-15-23(31(32,33)34)9-10-25(26)28(30(38)41)20(3)35-36-29(40)22-14-27(39)37(17-22)16-21-7-5-4-6-8-21/h5,7-13,15,22,35H,4,6,14,16-17H2,1-3H3,(H,36,40)/b28-20-. The summed E-state index contributed by atoms with van der Waals surface area (Å²) in [6.07, 6.45) is 3.54. The normalized spacial score (nSPS) is 19.9. The van der Waals surface area contributed by atoms with Crippen LogP contribution in [0.3, 0.4) is 0 Å². The van der Waals surface area contributed by atoms with Crippen LogP contribution in [0.5, 0.6) is 0 Å². The molecule has 214 valence electrons. The van der Waals surface area contributed by atoms with Gasteiger partial charge in [0.15, 0.2) is 0 Å². The quantitative estimate of drug-likeness (QED) is 0.360. The van der Waals surface area contributed by atoms with Crippen LogP contribution in [0.1, 0.15) is 48.4 Å². The zero-order chi connectivity index (χ0) is 29.5. The number of alkyl halides is 3. The number of fused-ring (bicyclic) bond motifs is 1. The van der Waals surface area contributed by atoms with Gasteiger partial charge < -0.3 is 10.3 Å². The third kappa shape index (κ3) is 5.77. The van der Waals surface area contributed by atoms with E-state index in [9.17, 15) is 27.6 Å². The largest absolute Gasteiger partial charge is 0.416 e. The molecule has 3 aliphatic rings. The molecule has 1 unspecified atom stereocenters. The lowest BCUT2D eigenvalue weighted by atomic mass is 10.0. The molecule has 1 saturated heterocycles. The highest BCUT2D eigenvalue weighted by molar-refractivity contribution is 6.35. The molecule has 0 radical (unpaired) electrons. The van der Waals surface area contributed by atoms with Gasteiger partial charge in [0.1, 0.15) is 0 Å². The van der Waals surface area contributed by atoms with Gasteiger partial charge in [0, 0.05) is 36.5 Å². The molecule has 10 heteroatoms. The molecule has 2 aliphatic heterocycles. The molecular formula is C31H31F3N4O3. The molecule has 2 N–H and O–H groups in total. The van der Waals surface area contributed by atoms with Gasteiger partial charge in [-0.1, -0.05) is 30.4 Å². The number of hydrogen-bond donors (Lipinski definition) is 2. The molecular weight excluding hydrogens is 533 g/mol. The first-order valence-electron chi connectivity index (χ1n) is 13.5. The van der Waals surface area contributed by atoms with Crippen LogP contribution in [0.25, 0.3) is 5.57 Å². The van der Waals surface area contributed by atoms with Crippen molar-refractivity contribution < 1.29 is 27.6 Å². The van der Waals surface area contributed by atoms with Crippen molar-refractivity contribution in [3.05, 3.63) is 88.2 Å². The molecule has 7 nitrogen and oxygen atoms in total. The minimum Gasteiger partial charge on any atom is -0.338 e. The Hall–Kier alpha value is -4.34. The minimum absolute atomic E-state index is 0.0720. The van der Waals surface area contributed by atoms with Crippen LogP contribution < -0.4 is 15.8 Å². The summed E-state index contributed by atoms with van der Waals surface area (Å²) in [4.78, 5) is 42.2. The van der Waals surface area contributed by atoms with Gasteiger partial charge in [0.05, 0.1) is 22.7 Å². The predicted molar refractivity (Wildman–Crippen MR) is 150 cm³/mol. The van der Waals surface area contributed by atoms with E-state index < -0.39 is 29.5 Å². The van der Waals surface area contributed by atoms with Gasteiger partial charge in [-0.05, 0) is 74.6 Å². The molecule has 2 heterocycles. The van der Waals surface area contributed by atoms with Crippen LogP contribution in [-0.4, -0.2) is 35.7 Å². The first kappa shape index (κ1) is 28.2. The summed E-state index contributed by atoms with van der Waals surface area (Å²) in [5.41, 5.74) is 8.58. The highest BCUT2D eigenvalue weighted by Gasteiger charge is 2.39. The van der Waals surface area contributed by atoms with Crippen LogP contribution in [0.2, 0.25) is 0 Å². The Morgan fingerprint density at radius 2 is 1.76 bits per heavy atom. The average molecular weight is 565 g/mol. The third-order valence-electron chi connectivity index (χ3n) is 7.50. The number of aryl methyl sites for hydroxylation is 2. The SMILES string of the molecule is C/C(NNC(=O)C1CC(=O)N(CC2=CCCC=C2)C1)=C1/C(=O)N(c2cc(C)cc(C)c2)c2cc(C(F)(F)F)ccc21. The second-order valence-electron chi connectivity index (χ2n) is 10.8. The topological polar surface area (TPSA) is 81.7 Å². The Labute approximate surface area is 236 Å². The molecule has 1 fully saturated rings. The number of rotatable bonds is 6. The van der Waals surface area contributed by atoms with Crippen LogP contribution in [0, 0.1) is 19.8 Å². The van der Waals surface area contributed by atoms with E-state index in [1.807, 2.05) is 26.0 Å². The molecule has 1 aliphatic carbocycles. The van der Waals surface area contributed by atoms with Gasteiger partial charge in [0.2, 0.25) is 11.8 Å². The zero-order valence-corrected chi connectivity index (χ0v) is 23.1. The first-order chi connectivity index (χ1) is 19.4. The molecule has 41 heavy (non-hydrogen) atoms. The fraction of sp³-hybridized carbons (Fsp3) is 0.323. The monoisotopic (exact) mass is 564 g/mol. The number of hydrazine groups is 1. The van der Waals surface area contributed by atoms with Gasteiger partial charge in [-0.3, -0.25) is 24.7 Å². The Balaban J connectivity index is 1.37. The van der Waals surface area contributed by atoms with E-state index in [0.717, 1.165) is 41.7 Å². The smallest absolute Gasteiger partial charge is 0.338 e. The average Bonchev–Trinajstić information content (AvgIpc) is 3.42. The number of halogens is 3. The summed E-state index contributed by atoms with van der Waals surface area (Å²) in [6, 6.07) is 8.59. The maximum atomic E-state index is 13.7. The lowest BCUT2D eigenvalue weighted by molar-refractivity contribution is -0.137. The predicted octanol–water partition coefficient (Wildman–Crippen LogP) is 5.48. The Morgan fingerprint density at radius 1 is 1.02 bits per heavy atom. The summed E-state index contributed by atoms with van der Waals surface area (Å²) < 4.78 is 40.8. The second-order valence-corrected chi connectivity index (χ2v) is 10.8. The summed E-state index contributed by atoms with van der Waals surface area (Å²) in [7, 11) is 0. The maximum absolute atomic E-state index is 13.7. The number of benzene rings is 2. The molecule has 0 aromatic heterocycles. The number of nitrogens with zero attached hydrogens (tertiary/aromatic N) is 2. The van der Waals surface area contributed by atoms with Crippen LogP contribution in [0.4, 0.5) is 24.5 Å². The fourth-order valence-electron chi connectivity index (χ4n) is 5.57. The van der Waals surface area contributed by atoms with Crippen molar-refractivity contribution in [1.29, 1.82) is 0 Å². The van der Waals surface area contributed by atoms with Crippen molar-refractivity contribution in [3.63, 3.8) is 0 Å². The van der Waals surface area contributed by atoms with Crippen molar-refractivity contribution in [2.24, 2.45) is 5.92 Å². The van der Waals surface area contributed by atoms with Crippen molar-refractivity contribution in [1.82, 2.24) is 15.8 Å². The van der Waals surface area contributed by atoms with Crippen LogP contribution in [-0.2, 0) is 20.6 Å². The van der Waals surface area contributed by atoms with Gasteiger partial charge in [-0.25, -0.2) is 0 Å². The number of likely N-dealkylation sites (tertiary alicyclic amines) is 1. The molecule has 1 atom stereocenters. The van der Waals surface area contributed by atoms with Gasteiger partial charge in [0.25, 0.3) is 5.91 Å². The summed E-state index contributed by atoms with van der Waals surface area (Å²) in [5, 5.41) is 0. The lowest BCUT2D eigenvalue weighted by Crippen LogP contribution is -2.41. The molecule has 2 aromatic carbocycles. The molecule has 0 bridgehead atoms. The summed E-state index contributed by atoms with van der Waals surface area (Å²) in [5.74, 6) is -1.60. The Bertz CT molecular complexity index is 1500. The van der Waals surface area contributed by atoms with E-state index in [0.29, 0.717) is 17.8 Å². The molecule has 3 amide bonds. The number of allylic oxidation sites excluding steroid dienone is 3. The van der Waals surface area contributed by atoms with E-state index in [-0.39, 0.29) is 35.8 Å². The number of amides is 3. The van der Waals surface area contributed by atoms with E-state index in [1.54, 1.807) is 24.0 Å². The van der Waals surface area contributed by atoms with Crippen molar-refractivity contribution >= 4 is 34.7 Å².